The first-order valence-electron chi connectivity index (χ1n) is 5.42. The van der Waals surface area contributed by atoms with Gasteiger partial charge in [0.1, 0.15) is 0 Å². The second kappa shape index (κ2) is 7.01. The maximum atomic E-state index is 6.21. The summed E-state index contributed by atoms with van der Waals surface area (Å²) in [5, 5.41) is 1.30. The first kappa shape index (κ1) is 15.3. The van der Waals surface area contributed by atoms with Crippen molar-refractivity contribution in [3.63, 3.8) is 0 Å². The summed E-state index contributed by atoms with van der Waals surface area (Å²) in [7, 11) is 0. The molecule has 0 fully saturated rings. The Kier molecular flexibility index (Phi) is 5.97. The van der Waals surface area contributed by atoms with Crippen LogP contribution >= 0.6 is 35.6 Å². The molecule has 0 bridgehead atoms. The fraction of sp³-hybridized carbons (Fsp3) is 0.143. The van der Waals surface area contributed by atoms with Crippen molar-refractivity contribution in [2.45, 2.75) is 5.92 Å². The Morgan fingerprint density at radius 2 is 1.67 bits per heavy atom. The lowest BCUT2D eigenvalue weighted by atomic mass is 9.91. The predicted octanol–water partition coefficient (Wildman–Crippen LogP) is 4.51. The average Bonchev–Trinajstić information content (AvgIpc) is 2.34. The van der Waals surface area contributed by atoms with Gasteiger partial charge >= 0.3 is 0 Å². The number of hydrogen-bond acceptors (Lipinski definition) is 1. The van der Waals surface area contributed by atoms with E-state index in [0.717, 1.165) is 5.56 Å². The van der Waals surface area contributed by atoms with Crippen LogP contribution in [-0.4, -0.2) is 6.54 Å². The molecule has 0 radical (unpaired) electrons. The van der Waals surface area contributed by atoms with Crippen molar-refractivity contribution in [2.75, 3.05) is 6.54 Å². The van der Waals surface area contributed by atoms with Gasteiger partial charge in [-0.05, 0) is 23.3 Å². The zero-order chi connectivity index (χ0) is 12.3. The molecule has 0 heterocycles. The summed E-state index contributed by atoms with van der Waals surface area (Å²) in [6.45, 7) is 0.519. The van der Waals surface area contributed by atoms with Crippen LogP contribution in [0.5, 0.6) is 0 Å². The van der Waals surface area contributed by atoms with Gasteiger partial charge in [0, 0.05) is 22.5 Å². The standard InChI is InChI=1S/C14H13Cl2N.ClH/c15-11-6-7-12(14(16)8-11)13(9-17)10-4-2-1-3-5-10;/h1-8,13H,9,17H2;1H. The number of hydrogen-bond donors (Lipinski definition) is 1. The predicted molar refractivity (Wildman–Crippen MR) is 81.0 cm³/mol. The van der Waals surface area contributed by atoms with Gasteiger partial charge in [0.15, 0.2) is 0 Å². The summed E-state index contributed by atoms with van der Waals surface area (Å²) in [5.41, 5.74) is 8.04. The highest BCUT2D eigenvalue weighted by atomic mass is 35.5. The molecule has 0 spiro atoms. The second-order valence-corrected chi connectivity index (χ2v) is 4.71. The van der Waals surface area contributed by atoms with Gasteiger partial charge in [0.2, 0.25) is 0 Å². The molecule has 2 aromatic rings. The van der Waals surface area contributed by atoms with Crippen LogP contribution < -0.4 is 5.73 Å². The van der Waals surface area contributed by atoms with Gasteiger partial charge in [-0.15, -0.1) is 12.4 Å². The molecule has 18 heavy (non-hydrogen) atoms. The molecule has 0 amide bonds. The van der Waals surface area contributed by atoms with Gasteiger partial charge in [0.25, 0.3) is 0 Å². The fourth-order valence-electron chi connectivity index (χ4n) is 1.91. The van der Waals surface area contributed by atoms with Crippen molar-refractivity contribution >= 4 is 35.6 Å². The summed E-state index contributed by atoms with van der Waals surface area (Å²) in [4.78, 5) is 0. The van der Waals surface area contributed by atoms with Crippen molar-refractivity contribution < 1.29 is 0 Å². The Bertz CT molecular complexity index is 500. The van der Waals surface area contributed by atoms with Crippen molar-refractivity contribution in [1.82, 2.24) is 0 Å². The van der Waals surface area contributed by atoms with Gasteiger partial charge in [-0.3, -0.25) is 0 Å². The minimum atomic E-state index is 0. The molecule has 0 aliphatic heterocycles. The molecule has 1 unspecified atom stereocenters. The van der Waals surface area contributed by atoms with E-state index in [4.69, 9.17) is 28.9 Å². The van der Waals surface area contributed by atoms with E-state index in [1.807, 2.05) is 30.3 Å². The third kappa shape index (κ3) is 3.39. The summed E-state index contributed by atoms with van der Waals surface area (Å²) in [5.74, 6) is 0.112. The zero-order valence-corrected chi connectivity index (χ0v) is 12.0. The minimum Gasteiger partial charge on any atom is -0.330 e. The highest BCUT2D eigenvalue weighted by molar-refractivity contribution is 6.35. The Balaban J connectivity index is 0.00000162. The van der Waals surface area contributed by atoms with Gasteiger partial charge in [0.05, 0.1) is 0 Å². The zero-order valence-electron chi connectivity index (χ0n) is 9.64. The van der Waals surface area contributed by atoms with Gasteiger partial charge in [-0.1, -0.05) is 59.6 Å². The van der Waals surface area contributed by atoms with E-state index in [0.29, 0.717) is 16.6 Å². The highest BCUT2D eigenvalue weighted by Gasteiger charge is 2.15. The van der Waals surface area contributed by atoms with Crippen LogP contribution in [0, 0.1) is 0 Å². The van der Waals surface area contributed by atoms with Gasteiger partial charge in [-0.25, -0.2) is 0 Å². The van der Waals surface area contributed by atoms with Gasteiger partial charge in [-0.2, -0.15) is 0 Å². The molecule has 0 aromatic heterocycles. The van der Waals surface area contributed by atoms with Crippen LogP contribution in [0.2, 0.25) is 10.0 Å². The highest BCUT2D eigenvalue weighted by Crippen LogP contribution is 2.31. The number of nitrogens with two attached hydrogens (primary N) is 1. The molecule has 2 rings (SSSR count). The molecule has 0 saturated carbocycles. The lowest BCUT2D eigenvalue weighted by Crippen LogP contribution is -2.14. The number of rotatable bonds is 3. The Labute approximate surface area is 123 Å². The van der Waals surface area contributed by atoms with Crippen molar-refractivity contribution in [3.05, 3.63) is 69.7 Å². The Hall–Kier alpha value is -0.730. The maximum absolute atomic E-state index is 6.21. The molecule has 1 atom stereocenters. The van der Waals surface area contributed by atoms with E-state index in [2.05, 4.69) is 12.1 Å². The average molecular weight is 303 g/mol. The van der Waals surface area contributed by atoms with E-state index < -0.39 is 0 Å². The van der Waals surface area contributed by atoms with E-state index in [-0.39, 0.29) is 18.3 Å². The van der Waals surface area contributed by atoms with E-state index >= 15 is 0 Å². The van der Waals surface area contributed by atoms with Gasteiger partial charge < -0.3 is 5.73 Å². The van der Waals surface area contributed by atoms with Crippen LogP contribution in [0.1, 0.15) is 17.0 Å². The number of halogens is 3. The molecular formula is C14H14Cl3N. The van der Waals surface area contributed by atoms with Crippen molar-refractivity contribution in [2.24, 2.45) is 5.73 Å². The molecule has 2 aromatic carbocycles. The Morgan fingerprint density at radius 3 is 2.22 bits per heavy atom. The minimum absolute atomic E-state index is 0. The van der Waals surface area contributed by atoms with E-state index in [1.165, 1.54) is 5.56 Å². The van der Waals surface area contributed by atoms with Crippen molar-refractivity contribution in [3.8, 4) is 0 Å². The molecule has 0 aliphatic carbocycles. The summed E-state index contributed by atoms with van der Waals surface area (Å²) in [6.07, 6.45) is 0. The normalized spacial score (nSPS) is 11.7. The largest absolute Gasteiger partial charge is 0.330 e. The fourth-order valence-corrected chi connectivity index (χ4v) is 2.45. The molecule has 0 aliphatic rings. The molecule has 0 saturated heterocycles. The quantitative estimate of drug-likeness (QED) is 0.887. The summed E-state index contributed by atoms with van der Waals surface area (Å²) < 4.78 is 0. The molecule has 1 nitrogen and oxygen atoms in total. The third-order valence-corrected chi connectivity index (χ3v) is 3.34. The smallest absolute Gasteiger partial charge is 0.0459 e. The van der Waals surface area contributed by atoms with Crippen LogP contribution in [-0.2, 0) is 0 Å². The molecule has 4 heteroatoms. The SMILES string of the molecule is Cl.NCC(c1ccccc1)c1ccc(Cl)cc1Cl. The summed E-state index contributed by atoms with van der Waals surface area (Å²) in [6, 6.07) is 15.6. The van der Waals surface area contributed by atoms with Crippen LogP contribution in [0.25, 0.3) is 0 Å². The maximum Gasteiger partial charge on any atom is 0.0459 e. The van der Waals surface area contributed by atoms with Crippen LogP contribution in [0.3, 0.4) is 0 Å². The summed E-state index contributed by atoms with van der Waals surface area (Å²) >= 11 is 12.1. The first-order chi connectivity index (χ1) is 8.22. The van der Waals surface area contributed by atoms with Crippen molar-refractivity contribution in [1.29, 1.82) is 0 Å². The topological polar surface area (TPSA) is 26.0 Å². The lowest BCUT2D eigenvalue weighted by molar-refractivity contribution is 0.819. The monoisotopic (exact) mass is 301 g/mol. The van der Waals surface area contributed by atoms with Crippen LogP contribution in [0.4, 0.5) is 0 Å². The second-order valence-electron chi connectivity index (χ2n) is 3.86. The Morgan fingerprint density at radius 1 is 1.00 bits per heavy atom. The number of benzene rings is 2. The van der Waals surface area contributed by atoms with E-state index in [9.17, 15) is 0 Å². The molecular weight excluding hydrogens is 289 g/mol. The molecule has 96 valence electrons. The van der Waals surface area contributed by atoms with Crippen LogP contribution in [0.15, 0.2) is 48.5 Å². The lowest BCUT2D eigenvalue weighted by Gasteiger charge is -2.17. The third-order valence-electron chi connectivity index (χ3n) is 2.78. The molecule has 2 N–H and O–H groups in total. The van der Waals surface area contributed by atoms with E-state index in [1.54, 1.807) is 6.07 Å². The first-order valence-corrected chi connectivity index (χ1v) is 6.18.